The van der Waals surface area contributed by atoms with Gasteiger partial charge in [0, 0.05) is 29.0 Å². The zero-order valence-electron chi connectivity index (χ0n) is 66.3. The van der Waals surface area contributed by atoms with Crippen molar-refractivity contribution in [1.82, 2.24) is 28.7 Å². The Morgan fingerprint density at radius 1 is 0.483 bits per heavy atom. The molecule has 0 aliphatic carbocycles. The van der Waals surface area contributed by atoms with E-state index in [9.17, 15) is 28.8 Å². The van der Waals surface area contributed by atoms with Crippen LogP contribution in [-0.2, 0) is 71.9 Å². The Bertz CT molecular complexity index is 5520. The van der Waals surface area contributed by atoms with Crippen LogP contribution in [0.2, 0.25) is 58.9 Å². The Balaban J connectivity index is 0.983. The van der Waals surface area contributed by atoms with Crippen molar-refractivity contribution in [1.29, 1.82) is 0 Å². The molecule has 2 fully saturated rings. The second kappa shape index (κ2) is 36.0. The minimum Gasteiger partial charge on any atom is -0.497 e. The summed E-state index contributed by atoms with van der Waals surface area (Å²) >= 11 is 6.52. The van der Waals surface area contributed by atoms with E-state index in [1.165, 1.54) is 85.8 Å². The topological polar surface area (TPSA) is 313 Å². The summed E-state index contributed by atoms with van der Waals surface area (Å²) in [7, 11) is -11.5. The summed E-state index contributed by atoms with van der Waals surface area (Å²) in [6.07, 6.45) is -10.5. The molecule has 2 aliphatic rings. The molecular formula is C84H87N7O21P2SSi3. The zero-order valence-corrected chi connectivity index (χ0v) is 71.9. The van der Waals surface area contributed by atoms with E-state index in [4.69, 9.17) is 76.2 Å². The number of benzene rings is 8. The Kier molecular flexibility index (Phi) is 26.0. The first-order chi connectivity index (χ1) is 56.4. The number of fused-ring (bicyclic) bond motifs is 1. The fraction of sp³-hybridized carbons (Fsp3) is 0.262. The Morgan fingerprint density at radius 3 is 1.39 bits per heavy atom. The molecule has 34 heteroatoms. The molecule has 2 aliphatic heterocycles. The number of phosphoric acid groups is 1. The second-order valence-electron chi connectivity index (χ2n) is 30.4. The van der Waals surface area contributed by atoms with E-state index in [1.54, 1.807) is 135 Å². The molecule has 9 atom stereocenters. The number of hydrogen-bond acceptors (Lipinski definition) is 25. The lowest BCUT2D eigenvalue weighted by Crippen LogP contribution is -2.47. The molecule has 2 amide bonds. The average molecular weight is 1710 g/mol. The number of imide groups is 1. The van der Waals surface area contributed by atoms with Crippen molar-refractivity contribution in [3.8, 4) is 11.5 Å². The number of esters is 2. The third kappa shape index (κ3) is 19.4. The third-order valence-electron chi connectivity index (χ3n) is 18.6. The van der Waals surface area contributed by atoms with Crippen LogP contribution < -0.4 is 25.6 Å². The number of phosphoric ester groups is 1. The zero-order chi connectivity index (χ0) is 83.9. The summed E-state index contributed by atoms with van der Waals surface area (Å²) in [6.45, 7) is 10.6. The van der Waals surface area contributed by atoms with Crippen LogP contribution in [0.25, 0.3) is 11.2 Å². The van der Waals surface area contributed by atoms with Gasteiger partial charge in [-0.25, -0.2) is 38.8 Å². The van der Waals surface area contributed by atoms with Crippen LogP contribution in [-0.4, -0.2) is 147 Å². The lowest BCUT2D eigenvalue weighted by atomic mass is 9.80. The highest BCUT2D eigenvalue weighted by Crippen LogP contribution is 2.61. The van der Waals surface area contributed by atoms with E-state index in [0.717, 1.165) is 28.1 Å². The normalized spacial score (nSPS) is 18.9. The molecule has 8 aromatic carbocycles. The highest BCUT2D eigenvalue weighted by Gasteiger charge is 2.58. The minimum absolute atomic E-state index is 0.0156. The maximum Gasteiger partial charge on any atom is 0.465 e. The quantitative estimate of drug-likeness (QED) is 0.0128. The molecule has 5 heterocycles. The summed E-state index contributed by atoms with van der Waals surface area (Å²) in [6, 6.07) is 64.3. The van der Waals surface area contributed by atoms with Crippen LogP contribution in [0.3, 0.4) is 0 Å². The molecule has 1 unspecified atom stereocenters. The number of ether oxygens (including phenoxy) is 7. The summed E-state index contributed by atoms with van der Waals surface area (Å²) in [5.41, 5.74) is -1.99. The van der Waals surface area contributed by atoms with Crippen LogP contribution in [0.4, 0.5) is 5.82 Å². The molecule has 0 radical (unpaired) electrons. The van der Waals surface area contributed by atoms with E-state index in [1.807, 2.05) is 93.9 Å². The van der Waals surface area contributed by atoms with E-state index in [-0.39, 0.29) is 44.8 Å². The molecule has 0 N–H and O–H groups in total. The first-order valence-electron chi connectivity index (χ1n) is 37.6. The molecule has 2 saturated heterocycles. The minimum atomic E-state index is -5.45. The first kappa shape index (κ1) is 85.4. The number of anilines is 1. The molecule has 11 aromatic rings. The highest BCUT2D eigenvalue weighted by molar-refractivity contribution is 8.08. The second-order valence-corrected chi connectivity index (χ2v) is 49.1. The fourth-order valence-electron chi connectivity index (χ4n) is 13.5. The van der Waals surface area contributed by atoms with Gasteiger partial charge < -0.3 is 45.8 Å². The third-order valence-corrected chi connectivity index (χ3v) is 30.9. The summed E-state index contributed by atoms with van der Waals surface area (Å²) < 4.78 is 108. The summed E-state index contributed by atoms with van der Waals surface area (Å²) in [4.78, 5) is 119. The van der Waals surface area contributed by atoms with Crippen molar-refractivity contribution in [3.63, 3.8) is 0 Å². The van der Waals surface area contributed by atoms with E-state index in [0.29, 0.717) is 32.8 Å². The monoisotopic (exact) mass is 1710 g/mol. The number of aromatic nitrogens is 6. The number of nitrogens with zero attached hydrogens (tertiary/aromatic N) is 7. The lowest BCUT2D eigenvalue weighted by Gasteiger charge is -2.38. The van der Waals surface area contributed by atoms with Crippen LogP contribution >= 0.6 is 14.5 Å². The summed E-state index contributed by atoms with van der Waals surface area (Å²) in [5.74, 6) is -3.62. The number of rotatable bonds is 31. The Hall–Kier alpha value is -10.5. The van der Waals surface area contributed by atoms with Crippen molar-refractivity contribution >= 4 is 97.9 Å². The van der Waals surface area contributed by atoms with Gasteiger partial charge in [0.1, 0.15) is 47.8 Å². The van der Waals surface area contributed by atoms with Gasteiger partial charge in [-0.2, -0.15) is 4.57 Å². The van der Waals surface area contributed by atoms with Crippen LogP contribution in [0.5, 0.6) is 11.5 Å². The molecule has 3 aromatic heterocycles. The predicted molar refractivity (Wildman–Crippen MR) is 449 cm³/mol. The van der Waals surface area contributed by atoms with Crippen LogP contribution in [0.15, 0.2) is 265 Å². The molecule has 13 rings (SSSR count). The van der Waals surface area contributed by atoms with E-state index < -0.39 is 148 Å². The highest BCUT2D eigenvalue weighted by atomic mass is 32.5. The first-order valence-corrected chi connectivity index (χ1v) is 51.9. The number of carbonyl (C=O) groups is 5. The molecule has 118 heavy (non-hydrogen) atoms. The van der Waals surface area contributed by atoms with Crippen molar-refractivity contribution in [2.24, 2.45) is 0 Å². The van der Waals surface area contributed by atoms with Gasteiger partial charge in [0.15, 0.2) is 66.6 Å². The molecule has 0 bridgehead atoms. The molecular weight excluding hydrogens is 1620 g/mol. The van der Waals surface area contributed by atoms with Crippen molar-refractivity contribution < 1.29 is 87.9 Å². The Morgan fingerprint density at radius 2 is 0.915 bits per heavy atom. The SMILES string of the molecule is COc1ccc(C(OC[C@H]2O[C@@H](n3ccc(=O)n(C(=O)c4ccccc4)c3=O)[C@H](OP(=S)(O[Si](C)(C)C)O[Si](C)(C)C)[C@@H]2OP(=O)(OC[C@H]2O[C@@H](n3cnc4c(N(C(=O)c5ccccc5)C(=O)c5ccccc5)ncnc43)[C@H](OC(=O)c3ccccc3)[C@@H]2OC(=O)c2ccccc2)O[Si](C)(C)C)(c2ccccc2)c2ccc(OC)cc2)cc1. The number of carbonyl (C=O) groups excluding carboxylic acids is 5. The smallest absolute Gasteiger partial charge is 0.465 e. The maximum absolute atomic E-state index is 17.2. The number of hydrogen-bond donors (Lipinski definition) is 0. The van der Waals surface area contributed by atoms with Gasteiger partial charge >= 0.3 is 32.2 Å². The van der Waals surface area contributed by atoms with Gasteiger partial charge in [0.25, 0.3) is 23.3 Å². The van der Waals surface area contributed by atoms with Gasteiger partial charge in [0.2, 0.25) is 0 Å². The van der Waals surface area contributed by atoms with Crippen molar-refractivity contribution in [3.05, 3.63) is 321 Å². The lowest BCUT2D eigenvalue weighted by molar-refractivity contribution is -0.0961. The molecule has 0 spiro atoms. The molecule has 612 valence electrons. The van der Waals surface area contributed by atoms with Crippen molar-refractivity contribution in [2.75, 3.05) is 32.3 Å². The molecule has 28 nitrogen and oxygen atoms in total. The predicted octanol–water partition coefficient (Wildman–Crippen LogP) is 15.0. The van der Waals surface area contributed by atoms with Gasteiger partial charge in [-0.3, -0.25) is 41.9 Å². The van der Waals surface area contributed by atoms with E-state index >= 15 is 9.36 Å². The number of amides is 2. The number of methoxy groups -OCH3 is 2. The van der Waals surface area contributed by atoms with Crippen molar-refractivity contribution in [2.45, 2.75) is 114 Å². The number of imidazole rings is 1. The van der Waals surface area contributed by atoms with E-state index in [2.05, 4.69) is 9.97 Å². The Labute approximate surface area is 688 Å². The van der Waals surface area contributed by atoms with Gasteiger partial charge in [-0.1, -0.05) is 146 Å². The van der Waals surface area contributed by atoms with Crippen LogP contribution in [0, 0.1) is 0 Å². The standard InChI is InChI=1S/C84H87N7O21P2SSi3/c1-100-64-46-42-62(43-47-64)84(61-40-28-17-29-41-61,63-44-48-65(101-2)49-45-63)102-52-66-71(73(109-114(115,111-117(6,7)8)112-118(9,10)11)80(104-66)88-51-50-68(92)90(83(88)98)76(93)56-30-18-12-19-31-56)108-113(99,110-116(3,4)5)103-53-67-70(106-81(96)59-36-24-15-25-37-59)72(107-82(97)60-38-26-16-27-39-60)79(105-67)89-55-87-69-74(89)85-54-86-75(69)91(77(94)57-32-20-13-21-33-57)78(95)58-34-22-14-23-35-58/h12-51,54-55,66-67,70-73,79-80H,52-53H2,1-11H3/t66-,67-,70-,71-,72-,73-,79-,80-,113?/m1/s1. The maximum atomic E-state index is 17.2. The molecule has 0 saturated carbocycles. The fourth-order valence-corrected chi connectivity index (χ4v) is 28.6. The van der Waals surface area contributed by atoms with Gasteiger partial charge in [-0.15, -0.1) is 0 Å². The van der Waals surface area contributed by atoms with Crippen LogP contribution in [0.1, 0.15) is 80.9 Å². The van der Waals surface area contributed by atoms with Gasteiger partial charge in [-0.05, 0) is 172 Å². The average Bonchev–Trinajstić information content (AvgIpc) is 1.44. The summed E-state index contributed by atoms with van der Waals surface area (Å²) in [5, 5.41) is 0. The largest absolute Gasteiger partial charge is 0.497 e. The van der Waals surface area contributed by atoms with Gasteiger partial charge in [0.05, 0.1) is 44.9 Å².